The first-order valence-electron chi connectivity index (χ1n) is 9.56. The fraction of sp³-hybridized carbons (Fsp3) is 0.550. The molecule has 1 amide bonds. The molecule has 0 N–H and O–H groups in total. The molecule has 0 unspecified atom stereocenters. The molecular formula is C20H27N3O5S. The second-order valence-corrected chi connectivity index (χ2v) is 8.35. The van der Waals surface area contributed by atoms with Gasteiger partial charge in [-0.2, -0.15) is 0 Å². The number of hydrogen-bond donors (Lipinski definition) is 0. The molecule has 8 nitrogen and oxygen atoms in total. The molecule has 0 radical (unpaired) electrons. The van der Waals surface area contributed by atoms with Gasteiger partial charge in [-0.15, -0.1) is 10.2 Å². The van der Waals surface area contributed by atoms with Crippen molar-refractivity contribution in [2.24, 2.45) is 5.92 Å². The molecular weight excluding hydrogens is 394 g/mol. The van der Waals surface area contributed by atoms with Crippen molar-refractivity contribution in [1.82, 2.24) is 15.1 Å². The van der Waals surface area contributed by atoms with E-state index in [1.807, 2.05) is 11.8 Å². The van der Waals surface area contributed by atoms with Crippen molar-refractivity contribution < 1.29 is 23.4 Å². The smallest absolute Gasteiger partial charge is 0.277 e. The van der Waals surface area contributed by atoms with Crippen LogP contribution in [0.5, 0.6) is 17.2 Å². The van der Waals surface area contributed by atoms with Gasteiger partial charge in [-0.05, 0) is 37.8 Å². The minimum atomic E-state index is -0.295. The third-order valence-electron chi connectivity index (χ3n) is 5.04. The number of amides is 1. The van der Waals surface area contributed by atoms with E-state index in [1.54, 1.807) is 33.5 Å². The Morgan fingerprint density at radius 3 is 2.31 bits per heavy atom. The Bertz CT molecular complexity index is 823. The van der Waals surface area contributed by atoms with Crippen LogP contribution in [0, 0.1) is 5.92 Å². The van der Waals surface area contributed by atoms with E-state index in [0.717, 1.165) is 25.9 Å². The Morgan fingerprint density at radius 1 is 1.14 bits per heavy atom. The summed E-state index contributed by atoms with van der Waals surface area (Å²) >= 11 is 1.27. The highest BCUT2D eigenvalue weighted by Crippen LogP contribution is 2.41. The highest BCUT2D eigenvalue weighted by Gasteiger charge is 2.27. The van der Waals surface area contributed by atoms with E-state index in [1.165, 1.54) is 11.8 Å². The molecule has 1 aromatic carbocycles. The maximum absolute atomic E-state index is 12.7. The normalized spacial score (nSPS) is 15.8. The average molecular weight is 422 g/mol. The predicted molar refractivity (Wildman–Crippen MR) is 110 cm³/mol. The van der Waals surface area contributed by atoms with Gasteiger partial charge in [0.15, 0.2) is 11.5 Å². The molecule has 1 aliphatic rings. The first-order chi connectivity index (χ1) is 14.0. The Hall–Kier alpha value is -2.42. The molecule has 2 heterocycles. The summed E-state index contributed by atoms with van der Waals surface area (Å²) in [5.41, 5.74) is 0.642. The topological polar surface area (TPSA) is 86.9 Å². The molecule has 0 saturated carbocycles. The fourth-order valence-corrected chi connectivity index (χ4v) is 4.03. The van der Waals surface area contributed by atoms with Crippen LogP contribution in [0.25, 0.3) is 11.5 Å². The number of ether oxygens (including phenoxy) is 3. The van der Waals surface area contributed by atoms with Crippen molar-refractivity contribution in [2.45, 2.75) is 37.2 Å². The first-order valence-corrected chi connectivity index (χ1v) is 10.4. The minimum absolute atomic E-state index is 0.106. The van der Waals surface area contributed by atoms with E-state index < -0.39 is 0 Å². The standard InChI is InChI=1S/C20H27N3O5S/c1-12-6-8-23(9-7-12)19(24)13(2)29-20-22-21-18(28-20)14-10-15(25-3)17(27-5)16(11-14)26-4/h10-13H,6-9H2,1-5H3/t13-/m0/s1. The third-order valence-corrected chi connectivity index (χ3v) is 5.96. The van der Waals surface area contributed by atoms with Crippen LogP contribution in [0.2, 0.25) is 0 Å². The molecule has 1 saturated heterocycles. The molecule has 1 aliphatic heterocycles. The minimum Gasteiger partial charge on any atom is -0.493 e. The Morgan fingerprint density at radius 2 is 1.76 bits per heavy atom. The molecule has 1 atom stereocenters. The Labute approximate surface area is 174 Å². The second kappa shape index (κ2) is 9.39. The summed E-state index contributed by atoms with van der Waals surface area (Å²) in [7, 11) is 4.64. The number of likely N-dealkylation sites (tertiary alicyclic amines) is 1. The number of nitrogens with zero attached hydrogens (tertiary/aromatic N) is 3. The van der Waals surface area contributed by atoms with Gasteiger partial charge < -0.3 is 23.5 Å². The van der Waals surface area contributed by atoms with Gasteiger partial charge >= 0.3 is 0 Å². The Kier molecular flexibility index (Phi) is 6.89. The van der Waals surface area contributed by atoms with Crippen LogP contribution in [0.3, 0.4) is 0 Å². The summed E-state index contributed by atoms with van der Waals surface area (Å²) in [6.45, 7) is 5.72. The van der Waals surface area contributed by atoms with Gasteiger partial charge in [0, 0.05) is 18.7 Å². The van der Waals surface area contributed by atoms with Crippen molar-refractivity contribution in [3.05, 3.63) is 12.1 Å². The number of carbonyl (C=O) groups is 1. The summed E-state index contributed by atoms with van der Waals surface area (Å²) < 4.78 is 21.9. The van der Waals surface area contributed by atoms with Crippen LogP contribution in [-0.2, 0) is 4.79 Å². The highest BCUT2D eigenvalue weighted by atomic mass is 32.2. The third kappa shape index (κ3) is 4.77. The van der Waals surface area contributed by atoms with E-state index in [2.05, 4.69) is 17.1 Å². The van der Waals surface area contributed by atoms with Crippen LogP contribution < -0.4 is 14.2 Å². The first kappa shape index (κ1) is 21.3. The number of piperidine rings is 1. The molecule has 1 aromatic heterocycles. The number of aromatic nitrogens is 2. The number of carbonyl (C=O) groups excluding carboxylic acids is 1. The van der Waals surface area contributed by atoms with Crippen LogP contribution in [-0.4, -0.2) is 60.7 Å². The van der Waals surface area contributed by atoms with Crippen LogP contribution in [0.4, 0.5) is 0 Å². The number of rotatable bonds is 7. The van der Waals surface area contributed by atoms with Gasteiger partial charge in [0.25, 0.3) is 5.22 Å². The molecule has 3 rings (SSSR count). The van der Waals surface area contributed by atoms with E-state index in [4.69, 9.17) is 18.6 Å². The van der Waals surface area contributed by atoms with Gasteiger partial charge in [0.05, 0.1) is 26.6 Å². The lowest BCUT2D eigenvalue weighted by atomic mass is 9.99. The van der Waals surface area contributed by atoms with Crippen molar-refractivity contribution in [1.29, 1.82) is 0 Å². The van der Waals surface area contributed by atoms with E-state index in [-0.39, 0.29) is 11.2 Å². The van der Waals surface area contributed by atoms with Gasteiger partial charge in [-0.1, -0.05) is 18.7 Å². The second-order valence-electron chi connectivity index (χ2n) is 7.06. The van der Waals surface area contributed by atoms with E-state index in [9.17, 15) is 4.79 Å². The Balaban J connectivity index is 1.73. The quantitative estimate of drug-likeness (QED) is 0.628. The summed E-state index contributed by atoms with van der Waals surface area (Å²) in [4.78, 5) is 14.6. The van der Waals surface area contributed by atoms with Crippen molar-refractivity contribution in [2.75, 3.05) is 34.4 Å². The van der Waals surface area contributed by atoms with Crippen LogP contribution in [0.1, 0.15) is 26.7 Å². The van der Waals surface area contributed by atoms with Gasteiger partial charge in [-0.3, -0.25) is 4.79 Å². The summed E-state index contributed by atoms with van der Waals surface area (Å²) in [6.07, 6.45) is 2.10. The molecule has 1 fully saturated rings. The largest absolute Gasteiger partial charge is 0.493 e. The molecule has 0 bridgehead atoms. The number of thioether (sulfide) groups is 1. The summed E-state index contributed by atoms with van der Waals surface area (Å²) in [6, 6.07) is 3.49. The van der Waals surface area contributed by atoms with E-state index in [0.29, 0.717) is 39.8 Å². The van der Waals surface area contributed by atoms with Gasteiger partial charge in [-0.25, -0.2) is 0 Å². The van der Waals surface area contributed by atoms with Crippen molar-refractivity contribution in [3.63, 3.8) is 0 Å². The lowest BCUT2D eigenvalue weighted by Crippen LogP contribution is -2.41. The number of hydrogen-bond acceptors (Lipinski definition) is 8. The molecule has 0 aliphatic carbocycles. The maximum atomic E-state index is 12.7. The van der Waals surface area contributed by atoms with Gasteiger partial charge in [0.2, 0.25) is 17.5 Å². The van der Waals surface area contributed by atoms with E-state index >= 15 is 0 Å². The summed E-state index contributed by atoms with van der Waals surface area (Å²) in [5.74, 6) is 2.59. The fourth-order valence-electron chi connectivity index (χ4n) is 3.27. The molecule has 9 heteroatoms. The zero-order valence-electron chi connectivity index (χ0n) is 17.4. The van der Waals surface area contributed by atoms with Crippen molar-refractivity contribution in [3.8, 4) is 28.7 Å². The monoisotopic (exact) mass is 421 g/mol. The molecule has 29 heavy (non-hydrogen) atoms. The molecule has 158 valence electrons. The van der Waals surface area contributed by atoms with Crippen molar-refractivity contribution >= 4 is 17.7 Å². The SMILES string of the molecule is COc1cc(-c2nnc(S[C@@H](C)C(=O)N3CCC(C)CC3)o2)cc(OC)c1OC. The number of benzene rings is 1. The lowest BCUT2D eigenvalue weighted by molar-refractivity contribution is -0.131. The zero-order chi connectivity index (χ0) is 21.0. The highest BCUT2D eigenvalue weighted by molar-refractivity contribution is 8.00. The van der Waals surface area contributed by atoms with Gasteiger partial charge in [0.1, 0.15) is 0 Å². The van der Waals surface area contributed by atoms with Crippen LogP contribution >= 0.6 is 11.8 Å². The van der Waals surface area contributed by atoms with Crippen LogP contribution in [0.15, 0.2) is 21.8 Å². The predicted octanol–water partition coefficient (Wildman–Crippen LogP) is 3.50. The molecule has 0 spiro atoms. The summed E-state index contributed by atoms with van der Waals surface area (Å²) in [5, 5.41) is 8.25. The number of methoxy groups -OCH3 is 3. The molecule has 2 aromatic rings. The zero-order valence-corrected chi connectivity index (χ0v) is 18.2. The lowest BCUT2D eigenvalue weighted by Gasteiger charge is -2.31. The average Bonchev–Trinajstić information content (AvgIpc) is 3.21. The maximum Gasteiger partial charge on any atom is 0.277 e.